The number of rotatable bonds is 3. The number of para-hydroxylation sites is 2. The van der Waals surface area contributed by atoms with E-state index in [0.717, 1.165) is 22.4 Å². The Bertz CT molecular complexity index is 771. The van der Waals surface area contributed by atoms with E-state index in [-0.39, 0.29) is 6.04 Å². The highest BCUT2D eigenvalue weighted by molar-refractivity contribution is 5.76. The first-order chi connectivity index (χ1) is 10.1. The van der Waals surface area contributed by atoms with E-state index in [1.54, 1.807) is 0 Å². The summed E-state index contributed by atoms with van der Waals surface area (Å²) in [5.74, 6) is 0.931. The van der Waals surface area contributed by atoms with Crippen molar-refractivity contribution in [2.75, 3.05) is 0 Å². The molecule has 0 saturated carbocycles. The normalized spacial score (nSPS) is 13.0. The number of aryl methyl sites for hydroxylation is 1. The van der Waals surface area contributed by atoms with Gasteiger partial charge in [-0.3, -0.25) is 0 Å². The minimum Gasteiger partial charge on any atom is -0.324 e. The fourth-order valence-corrected chi connectivity index (χ4v) is 2.90. The minimum absolute atomic E-state index is 0.207. The van der Waals surface area contributed by atoms with Crippen molar-refractivity contribution in [1.82, 2.24) is 9.55 Å². The molecule has 0 radical (unpaired) electrons. The van der Waals surface area contributed by atoms with Crippen LogP contribution in [0.25, 0.3) is 11.0 Å². The number of nitrogens with zero attached hydrogens (tertiary/aromatic N) is 2. The Labute approximate surface area is 125 Å². The van der Waals surface area contributed by atoms with Crippen LogP contribution in [0.15, 0.2) is 48.5 Å². The van der Waals surface area contributed by atoms with Crippen molar-refractivity contribution in [2.45, 2.75) is 32.9 Å². The predicted molar refractivity (Wildman–Crippen MR) is 87.3 cm³/mol. The van der Waals surface area contributed by atoms with Gasteiger partial charge in [-0.05, 0) is 44.0 Å². The van der Waals surface area contributed by atoms with Crippen LogP contribution in [0.2, 0.25) is 0 Å². The molecule has 0 fully saturated rings. The van der Waals surface area contributed by atoms with E-state index in [2.05, 4.69) is 43.5 Å². The molecular weight excluding hydrogens is 258 g/mol. The fraction of sp³-hybridized carbons (Fsp3) is 0.278. The van der Waals surface area contributed by atoms with Crippen molar-refractivity contribution in [3.63, 3.8) is 0 Å². The zero-order valence-electron chi connectivity index (χ0n) is 12.7. The lowest BCUT2D eigenvalue weighted by Crippen LogP contribution is -2.19. The van der Waals surface area contributed by atoms with Crippen LogP contribution >= 0.6 is 0 Å². The Kier molecular flexibility index (Phi) is 3.52. The third-order valence-corrected chi connectivity index (χ3v) is 3.94. The van der Waals surface area contributed by atoms with Crippen LogP contribution in [0.3, 0.4) is 0 Å². The summed E-state index contributed by atoms with van der Waals surface area (Å²) < 4.78 is 2.24. The van der Waals surface area contributed by atoms with Crippen molar-refractivity contribution < 1.29 is 0 Å². The number of nitrogens with two attached hydrogens (primary N) is 1. The van der Waals surface area contributed by atoms with Crippen LogP contribution in [0.4, 0.5) is 0 Å². The molecule has 2 aromatic carbocycles. The number of imidazole rings is 1. The third-order valence-electron chi connectivity index (χ3n) is 3.94. The average molecular weight is 279 g/mol. The molecule has 3 heteroatoms. The second kappa shape index (κ2) is 5.34. The van der Waals surface area contributed by atoms with Gasteiger partial charge in [-0.25, -0.2) is 4.98 Å². The quantitative estimate of drug-likeness (QED) is 0.788. The Hall–Kier alpha value is -2.13. The second-order valence-corrected chi connectivity index (χ2v) is 5.76. The molecule has 0 spiro atoms. The zero-order valence-corrected chi connectivity index (χ0v) is 12.7. The summed E-state index contributed by atoms with van der Waals surface area (Å²) in [4.78, 5) is 4.79. The van der Waals surface area contributed by atoms with Crippen LogP contribution in [0.1, 0.15) is 42.9 Å². The van der Waals surface area contributed by atoms with E-state index in [0.29, 0.717) is 6.04 Å². The first-order valence-electron chi connectivity index (χ1n) is 7.37. The second-order valence-electron chi connectivity index (χ2n) is 5.76. The lowest BCUT2D eigenvalue weighted by Gasteiger charge is -2.19. The number of hydrogen-bond donors (Lipinski definition) is 1. The smallest absolute Gasteiger partial charge is 0.131 e. The molecule has 1 heterocycles. The number of benzene rings is 2. The number of aromatic nitrogens is 2. The van der Waals surface area contributed by atoms with Crippen molar-refractivity contribution in [1.29, 1.82) is 0 Å². The molecule has 108 valence electrons. The van der Waals surface area contributed by atoms with E-state index in [9.17, 15) is 0 Å². The molecule has 21 heavy (non-hydrogen) atoms. The highest BCUT2D eigenvalue weighted by Crippen LogP contribution is 2.28. The minimum atomic E-state index is -0.207. The van der Waals surface area contributed by atoms with Gasteiger partial charge in [-0.15, -0.1) is 0 Å². The molecule has 0 aliphatic carbocycles. The summed E-state index contributed by atoms with van der Waals surface area (Å²) in [6.07, 6.45) is 0. The molecule has 0 bridgehead atoms. The Balaban J connectivity index is 2.20. The number of hydrogen-bond acceptors (Lipinski definition) is 2. The standard InChI is InChI=1S/C18H21N3/c1-12(2)21-16-11-7-6-10-15(16)20-18(21)17(19)14-9-5-4-8-13(14)3/h4-12,17H,19H2,1-3H3. The van der Waals surface area contributed by atoms with Crippen molar-refractivity contribution in [3.8, 4) is 0 Å². The van der Waals surface area contributed by atoms with Crippen molar-refractivity contribution >= 4 is 11.0 Å². The summed E-state index contributed by atoms with van der Waals surface area (Å²) >= 11 is 0. The summed E-state index contributed by atoms with van der Waals surface area (Å²) in [5.41, 5.74) is 11.0. The van der Waals surface area contributed by atoms with Gasteiger partial charge in [0.25, 0.3) is 0 Å². The van der Waals surface area contributed by atoms with E-state index in [1.807, 2.05) is 30.3 Å². The first-order valence-corrected chi connectivity index (χ1v) is 7.37. The van der Waals surface area contributed by atoms with Crippen molar-refractivity contribution in [3.05, 3.63) is 65.5 Å². The summed E-state index contributed by atoms with van der Waals surface area (Å²) in [7, 11) is 0. The van der Waals surface area contributed by atoms with Crippen LogP contribution in [-0.2, 0) is 0 Å². The first kappa shape index (κ1) is 13.8. The van der Waals surface area contributed by atoms with Gasteiger partial charge in [-0.1, -0.05) is 36.4 Å². The molecule has 1 atom stereocenters. The van der Waals surface area contributed by atoms with Gasteiger partial charge < -0.3 is 10.3 Å². The molecular formula is C18H21N3. The molecule has 0 amide bonds. The van der Waals surface area contributed by atoms with Gasteiger partial charge in [0.1, 0.15) is 5.82 Å². The fourth-order valence-electron chi connectivity index (χ4n) is 2.90. The Morgan fingerprint density at radius 3 is 2.38 bits per heavy atom. The highest BCUT2D eigenvalue weighted by atomic mass is 15.1. The van der Waals surface area contributed by atoms with Crippen LogP contribution in [0.5, 0.6) is 0 Å². The highest BCUT2D eigenvalue weighted by Gasteiger charge is 2.20. The molecule has 3 aromatic rings. The number of fused-ring (bicyclic) bond motifs is 1. The van der Waals surface area contributed by atoms with Crippen LogP contribution < -0.4 is 5.73 Å². The molecule has 0 aliphatic heterocycles. The molecule has 1 unspecified atom stereocenters. The van der Waals surface area contributed by atoms with Gasteiger partial charge in [-0.2, -0.15) is 0 Å². The Morgan fingerprint density at radius 1 is 1.00 bits per heavy atom. The van der Waals surface area contributed by atoms with Gasteiger partial charge >= 0.3 is 0 Å². The van der Waals surface area contributed by atoms with Gasteiger partial charge in [0.05, 0.1) is 17.1 Å². The van der Waals surface area contributed by atoms with E-state index in [1.165, 1.54) is 5.56 Å². The molecule has 3 rings (SSSR count). The van der Waals surface area contributed by atoms with Crippen LogP contribution in [0, 0.1) is 6.92 Å². The Morgan fingerprint density at radius 2 is 1.67 bits per heavy atom. The summed E-state index contributed by atoms with van der Waals surface area (Å²) in [6.45, 7) is 6.43. The van der Waals surface area contributed by atoms with E-state index < -0.39 is 0 Å². The average Bonchev–Trinajstić information content (AvgIpc) is 2.86. The summed E-state index contributed by atoms with van der Waals surface area (Å²) in [6, 6.07) is 16.6. The molecule has 2 N–H and O–H groups in total. The molecule has 1 aromatic heterocycles. The monoisotopic (exact) mass is 279 g/mol. The van der Waals surface area contributed by atoms with Gasteiger partial charge in [0, 0.05) is 6.04 Å². The van der Waals surface area contributed by atoms with Crippen LogP contribution in [-0.4, -0.2) is 9.55 Å². The maximum Gasteiger partial charge on any atom is 0.131 e. The third kappa shape index (κ3) is 2.34. The lowest BCUT2D eigenvalue weighted by molar-refractivity contribution is 0.566. The zero-order chi connectivity index (χ0) is 15.0. The SMILES string of the molecule is Cc1ccccc1C(N)c1nc2ccccc2n1C(C)C. The van der Waals surface area contributed by atoms with Crippen molar-refractivity contribution in [2.24, 2.45) is 5.73 Å². The van der Waals surface area contributed by atoms with E-state index >= 15 is 0 Å². The molecule has 3 nitrogen and oxygen atoms in total. The maximum atomic E-state index is 6.54. The molecule has 0 saturated heterocycles. The predicted octanol–water partition coefficient (Wildman–Crippen LogP) is 3.97. The van der Waals surface area contributed by atoms with E-state index in [4.69, 9.17) is 10.7 Å². The topological polar surface area (TPSA) is 43.8 Å². The van der Waals surface area contributed by atoms with Gasteiger partial charge in [0.15, 0.2) is 0 Å². The molecule has 0 aliphatic rings. The lowest BCUT2D eigenvalue weighted by atomic mass is 10.0. The largest absolute Gasteiger partial charge is 0.324 e. The van der Waals surface area contributed by atoms with Gasteiger partial charge in [0.2, 0.25) is 0 Å². The summed E-state index contributed by atoms with van der Waals surface area (Å²) in [5, 5.41) is 0. The maximum absolute atomic E-state index is 6.54.